The SMILES string of the molecule is CC/C=C\C/C=C\C/C=C\C/C=C\C/C=C\CC(=O)OCC(COC(=O)CCCCCCCCC/C=C\C/C=C\CCCCC)OC(=O)CCCCCCCCC/C=C\C/C=C\CCCCC. The van der Waals surface area contributed by atoms with Crippen LogP contribution < -0.4 is 0 Å². The second kappa shape index (κ2) is 54.7. The molecule has 67 heavy (non-hydrogen) atoms. The first-order valence-corrected chi connectivity index (χ1v) is 27.4. The van der Waals surface area contributed by atoms with Crippen LogP contribution in [0.2, 0.25) is 0 Å². The topological polar surface area (TPSA) is 78.9 Å². The molecule has 1 unspecified atom stereocenters. The zero-order chi connectivity index (χ0) is 48.6. The van der Waals surface area contributed by atoms with Gasteiger partial charge in [0, 0.05) is 12.8 Å². The number of carbonyl (C=O) groups is 3. The maximum absolute atomic E-state index is 12.8. The fourth-order valence-electron chi connectivity index (χ4n) is 7.16. The molecule has 0 aliphatic rings. The van der Waals surface area contributed by atoms with Gasteiger partial charge in [0.05, 0.1) is 6.42 Å². The minimum atomic E-state index is -0.827. The normalized spacial score (nSPS) is 12.9. The van der Waals surface area contributed by atoms with E-state index in [4.69, 9.17) is 14.2 Å². The van der Waals surface area contributed by atoms with Gasteiger partial charge in [-0.2, -0.15) is 0 Å². The van der Waals surface area contributed by atoms with E-state index in [0.717, 1.165) is 96.3 Å². The predicted molar refractivity (Wildman–Crippen MR) is 288 cm³/mol. The summed E-state index contributed by atoms with van der Waals surface area (Å²) in [6.45, 7) is 6.37. The highest BCUT2D eigenvalue weighted by Crippen LogP contribution is 2.14. The van der Waals surface area contributed by atoms with Gasteiger partial charge in [-0.15, -0.1) is 0 Å². The van der Waals surface area contributed by atoms with Gasteiger partial charge >= 0.3 is 17.9 Å². The van der Waals surface area contributed by atoms with Gasteiger partial charge < -0.3 is 14.2 Å². The van der Waals surface area contributed by atoms with Crippen molar-refractivity contribution in [3.8, 4) is 0 Å². The highest BCUT2D eigenvalue weighted by atomic mass is 16.6. The zero-order valence-corrected chi connectivity index (χ0v) is 43.4. The van der Waals surface area contributed by atoms with Crippen molar-refractivity contribution in [1.82, 2.24) is 0 Å². The molecule has 0 aromatic carbocycles. The van der Waals surface area contributed by atoms with Crippen LogP contribution in [0.4, 0.5) is 0 Å². The Bertz CT molecular complexity index is 1390. The van der Waals surface area contributed by atoms with E-state index in [0.29, 0.717) is 12.8 Å². The first-order valence-electron chi connectivity index (χ1n) is 27.4. The first-order chi connectivity index (χ1) is 33.0. The van der Waals surface area contributed by atoms with Crippen molar-refractivity contribution in [2.45, 2.75) is 245 Å². The Morgan fingerprint density at radius 1 is 0.328 bits per heavy atom. The lowest BCUT2D eigenvalue weighted by Crippen LogP contribution is -2.30. The van der Waals surface area contributed by atoms with Gasteiger partial charge in [-0.3, -0.25) is 14.4 Å². The molecule has 0 saturated heterocycles. The molecule has 1 atom stereocenters. The molecule has 0 spiro atoms. The molecule has 0 aliphatic heterocycles. The molecular formula is C61H100O6. The average molecular weight is 929 g/mol. The van der Waals surface area contributed by atoms with Crippen LogP contribution in [0.25, 0.3) is 0 Å². The van der Waals surface area contributed by atoms with Crippen LogP contribution in [-0.2, 0) is 28.6 Å². The average Bonchev–Trinajstić information content (AvgIpc) is 3.33. The van der Waals surface area contributed by atoms with Crippen molar-refractivity contribution in [2.24, 2.45) is 0 Å². The number of allylic oxidation sites excluding steroid dienone is 17. The summed E-state index contributed by atoms with van der Waals surface area (Å²) in [5, 5.41) is 0. The fourth-order valence-corrected chi connectivity index (χ4v) is 7.16. The molecule has 6 heteroatoms. The second-order valence-corrected chi connectivity index (χ2v) is 17.8. The van der Waals surface area contributed by atoms with Gasteiger partial charge in [-0.25, -0.2) is 0 Å². The number of rotatable bonds is 48. The van der Waals surface area contributed by atoms with E-state index in [9.17, 15) is 14.4 Å². The van der Waals surface area contributed by atoms with Crippen molar-refractivity contribution >= 4 is 17.9 Å². The van der Waals surface area contributed by atoms with Crippen LogP contribution >= 0.6 is 0 Å². The molecule has 0 fully saturated rings. The van der Waals surface area contributed by atoms with E-state index in [-0.39, 0.29) is 31.6 Å². The lowest BCUT2D eigenvalue weighted by Gasteiger charge is -2.18. The van der Waals surface area contributed by atoms with Gasteiger partial charge in [0.15, 0.2) is 6.10 Å². The Balaban J connectivity index is 4.53. The van der Waals surface area contributed by atoms with Gasteiger partial charge in [0.1, 0.15) is 13.2 Å². The smallest absolute Gasteiger partial charge is 0.309 e. The molecule has 6 nitrogen and oxygen atoms in total. The molecular weight excluding hydrogens is 829 g/mol. The van der Waals surface area contributed by atoms with Crippen molar-refractivity contribution in [3.05, 3.63) is 109 Å². The van der Waals surface area contributed by atoms with Crippen LogP contribution in [0, 0.1) is 0 Å². The lowest BCUT2D eigenvalue weighted by atomic mass is 10.1. The van der Waals surface area contributed by atoms with E-state index in [1.54, 1.807) is 6.08 Å². The Morgan fingerprint density at radius 2 is 0.642 bits per heavy atom. The standard InChI is InChI=1S/C61H100O6/c1-4-7-10-13-16-19-22-25-28-30-33-36-39-42-45-48-51-54-60(63)66-57-58(56-65-59(62)53-50-47-44-41-38-35-32-27-24-21-18-15-12-9-6-3)67-61(64)55-52-49-46-43-40-37-34-31-29-26-23-20-17-14-11-8-5-2/h9,12,16-21,25-29,32,38,41,47,50,58H,4-8,10-11,13-15,22-24,30-31,33-37,39-40,42-46,48-49,51-57H2,1-3H3/b12-9-,19-16-,20-17-,21-18-,28-25-,29-26-,32-27-,41-38-,50-47-. The Hall–Kier alpha value is -3.93. The molecule has 0 saturated carbocycles. The summed E-state index contributed by atoms with van der Waals surface area (Å²) < 4.78 is 16.7. The molecule has 0 rings (SSSR count). The van der Waals surface area contributed by atoms with E-state index in [1.165, 1.54) is 103 Å². The van der Waals surface area contributed by atoms with E-state index < -0.39 is 12.1 Å². The van der Waals surface area contributed by atoms with Gasteiger partial charge in [0.25, 0.3) is 0 Å². The van der Waals surface area contributed by atoms with Crippen molar-refractivity contribution in [3.63, 3.8) is 0 Å². The summed E-state index contributed by atoms with van der Waals surface area (Å²) in [4.78, 5) is 38.0. The molecule has 0 aromatic heterocycles. The third kappa shape index (κ3) is 52.9. The third-order valence-electron chi connectivity index (χ3n) is 11.3. The first kappa shape index (κ1) is 63.1. The molecule has 0 N–H and O–H groups in total. The van der Waals surface area contributed by atoms with Crippen LogP contribution in [0.5, 0.6) is 0 Å². The number of ether oxygens (including phenoxy) is 3. The molecule has 0 radical (unpaired) electrons. The molecule has 0 aliphatic carbocycles. The molecule has 0 amide bonds. The predicted octanol–water partition coefficient (Wildman–Crippen LogP) is 18.3. The van der Waals surface area contributed by atoms with Gasteiger partial charge in [-0.1, -0.05) is 220 Å². The van der Waals surface area contributed by atoms with Crippen LogP contribution in [0.1, 0.15) is 239 Å². The minimum Gasteiger partial charge on any atom is -0.462 e. The maximum Gasteiger partial charge on any atom is 0.309 e. The minimum absolute atomic E-state index is 0.117. The summed E-state index contributed by atoms with van der Waals surface area (Å²) in [6.07, 6.45) is 73.8. The van der Waals surface area contributed by atoms with E-state index >= 15 is 0 Å². The summed E-state index contributed by atoms with van der Waals surface area (Å²) in [5.74, 6) is -1.07. The highest BCUT2D eigenvalue weighted by Gasteiger charge is 2.19. The summed E-state index contributed by atoms with van der Waals surface area (Å²) in [7, 11) is 0. The van der Waals surface area contributed by atoms with Crippen molar-refractivity contribution in [2.75, 3.05) is 13.2 Å². The van der Waals surface area contributed by atoms with E-state index in [1.807, 2.05) is 6.08 Å². The summed E-state index contributed by atoms with van der Waals surface area (Å²) in [6, 6.07) is 0. The number of carbonyl (C=O) groups excluding carboxylic acids is 3. The molecule has 0 heterocycles. The van der Waals surface area contributed by atoms with Gasteiger partial charge in [0.2, 0.25) is 0 Å². The Morgan fingerprint density at radius 3 is 1.04 bits per heavy atom. The van der Waals surface area contributed by atoms with Crippen LogP contribution in [0.3, 0.4) is 0 Å². The number of hydrogen-bond donors (Lipinski definition) is 0. The highest BCUT2D eigenvalue weighted by molar-refractivity contribution is 5.72. The Labute approximate surface area is 412 Å². The number of esters is 3. The van der Waals surface area contributed by atoms with Crippen LogP contribution in [0.15, 0.2) is 109 Å². The quantitative estimate of drug-likeness (QED) is 0.0262. The van der Waals surface area contributed by atoms with Gasteiger partial charge in [-0.05, 0) is 109 Å². The molecule has 380 valence electrons. The second-order valence-electron chi connectivity index (χ2n) is 17.8. The monoisotopic (exact) mass is 929 g/mol. The third-order valence-corrected chi connectivity index (χ3v) is 11.3. The fraction of sp³-hybridized carbons (Fsp3) is 0.656. The largest absolute Gasteiger partial charge is 0.462 e. The Kier molecular flexibility index (Phi) is 51.5. The van der Waals surface area contributed by atoms with E-state index in [2.05, 4.69) is 118 Å². The van der Waals surface area contributed by atoms with Crippen molar-refractivity contribution < 1.29 is 28.6 Å². The molecule has 0 aromatic rings. The number of hydrogen-bond acceptors (Lipinski definition) is 6. The lowest BCUT2D eigenvalue weighted by molar-refractivity contribution is -0.166. The zero-order valence-electron chi connectivity index (χ0n) is 43.4. The number of unbranched alkanes of at least 4 members (excludes halogenated alkanes) is 20. The summed E-state index contributed by atoms with van der Waals surface area (Å²) in [5.41, 5.74) is 0. The summed E-state index contributed by atoms with van der Waals surface area (Å²) >= 11 is 0. The van der Waals surface area contributed by atoms with Crippen molar-refractivity contribution in [1.29, 1.82) is 0 Å². The van der Waals surface area contributed by atoms with Crippen LogP contribution in [-0.4, -0.2) is 37.2 Å². The maximum atomic E-state index is 12.8. The molecule has 0 bridgehead atoms.